The van der Waals surface area contributed by atoms with Gasteiger partial charge in [0.1, 0.15) is 0 Å². The highest BCUT2D eigenvalue weighted by molar-refractivity contribution is 5.76. The van der Waals surface area contributed by atoms with Crippen LogP contribution >= 0.6 is 0 Å². The minimum Gasteiger partial charge on any atom is -0.378 e. The lowest BCUT2D eigenvalue weighted by molar-refractivity contribution is -0.124. The molecule has 0 aromatic rings. The number of amides is 1. The summed E-state index contributed by atoms with van der Waals surface area (Å²) in [5.41, 5.74) is 0. The van der Waals surface area contributed by atoms with E-state index in [2.05, 4.69) is 10.6 Å². The number of rotatable bonds is 9. The molecule has 0 atom stereocenters. The van der Waals surface area contributed by atoms with Crippen LogP contribution in [0, 0.1) is 5.92 Å². The third kappa shape index (κ3) is 4.94. The molecule has 4 nitrogen and oxygen atoms in total. The van der Waals surface area contributed by atoms with Gasteiger partial charge in [-0.2, -0.15) is 0 Å². The molecule has 0 aromatic carbocycles. The van der Waals surface area contributed by atoms with Gasteiger partial charge in [0.2, 0.25) is 5.91 Å². The summed E-state index contributed by atoms with van der Waals surface area (Å²) in [7, 11) is 0. The van der Waals surface area contributed by atoms with Gasteiger partial charge in [0.15, 0.2) is 0 Å². The molecule has 0 saturated heterocycles. The number of hydrogen-bond donors (Lipinski definition) is 2. The molecule has 0 unspecified atom stereocenters. The number of nitrogens with one attached hydrogen (secondary N) is 2. The van der Waals surface area contributed by atoms with Crippen molar-refractivity contribution < 1.29 is 9.53 Å². The van der Waals surface area contributed by atoms with E-state index >= 15 is 0 Å². The summed E-state index contributed by atoms with van der Waals surface area (Å²) in [6.45, 7) is 4.65. The van der Waals surface area contributed by atoms with Crippen LogP contribution in [0.1, 0.15) is 45.4 Å². The lowest BCUT2D eigenvalue weighted by Gasteiger charge is -2.34. The van der Waals surface area contributed by atoms with Crippen LogP contribution in [0.15, 0.2) is 0 Å². The minimum absolute atomic E-state index is 0.210. The van der Waals surface area contributed by atoms with Gasteiger partial charge in [-0.15, -0.1) is 0 Å². The average molecular weight is 254 g/mol. The Morgan fingerprint density at radius 3 is 2.72 bits per heavy atom. The van der Waals surface area contributed by atoms with Crippen LogP contribution in [-0.4, -0.2) is 37.7 Å². The fourth-order valence-corrected chi connectivity index (χ4v) is 2.46. The van der Waals surface area contributed by atoms with E-state index in [1.54, 1.807) is 0 Å². The van der Waals surface area contributed by atoms with Crippen molar-refractivity contribution in [1.82, 2.24) is 10.6 Å². The van der Waals surface area contributed by atoms with Crippen LogP contribution in [0.25, 0.3) is 0 Å². The number of carbonyl (C=O) groups is 1. The zero-order chi connectivity index (χ0) is 12.8. The third-order valence-electron chi connectivity index (χ3n) is 3.75. The second-order valence-corrected chi connectivity index (χ2v) is 5.55. The van der Waals surface area contributed by atoms with E-state index in [4.69, 9.17) is 4.74 Å². The highest BCUT2D eigenvalue weighted by atomic mass is 16.5. The summed E-state index contributed by atoms with van der Waals surface area (Å²) in [6, 6.07) is 0.770. The second-order valence-electron chi connectivity index (χ2n) is 5.55. The molecule has 2 aliphatic rings. The maximum atomic E-state index is 11.6. The fourth-order valence-electron chi connectivity index (χ4n) is 2.46. The van der Waals surface area contributed by atoms with Crippen molar-refractivity contribution in [2.24, 2.45) is 5.92 Å². The Morgan fingerprint density at radius 1 is 1.28 bits per heavy atom. The SMILES string of the molecule is CCOC1CC(CC(=O)NCCCNC2CC2)C1. The maximum Gasteiger partial charge on any atom is 0.220 e. The number of carbonyl (C=O) groups excluding carboxylic acids is 1. The molecule has 2 N–H and O–H groups in total. The molecule has 0 radical (unpaired) electrons. The van der Waals surface area contributed by atoms with Crippen LogP contribution in [0.3, 0.4) is 0 Å². The minimum atomic E-state index is 0.210. The lowest BCUT2D eigenvalue weighted by Crippen LogP contribution is -2.36. The first-order chi connectivity index (χ1) is 8.78. The summed E-state index contributed by atoms with van der Waals surface area (Å²) < 4.78 is 5.49. The molecule has 0 heterocycles. The predicted octanol–water partition coefficient (Wildman–Crippen LogP) is 1.45. The molecule has 4 heteroatoms. The van der Waals surface area contributed by atoms with E-state index in [1.165, 1.54) is 12.8 Å². The largest absolute Gasteiger partial charge is 0.378 e. The Kier molecular flexibility index (Phi) is 5.45. The summed E-state index contributed by atoms with van der Waals surface area (Å²) in [5.74, 6) is 0.757. The highest BCUT2D eigenvalue weighted by Gasteiger charge is 2.30. The van der Waals surface area contributed by atoms with Gasteiger partial charge in [0, 0.05) is 25.6 Å². The Labute approximate surface area is 110 Å². The molecule has 104 valence electrons. The van der Waals surface area contributed by atoms with Crippen molar-refractivity contribution in [2.75, 3.05) is 19.7 Å². The lowest BCUT2D eigenvalue weighted by atomic mass is 9.80. The Bertz CT molecular complexity index is 261. The molecule has 18 heavy (non-hydrogen) atoms. The first-order valence-electron chi connectivity index (χ1n) is 7.39. The Morgan fingerprint density at radius 2 is 2.06 bits per heavy atom. The van der Waals surface area contributed by atoms with E-state index < -0.39 is 0 Å². The topological polar surface area (TPSA) is 50.4 Å². The molecule has 2 aliphatic carbocycles. The van der Waals surface area contributed by atoms with Crippen molar-refractivity contribution in [2.45, 2.75) is 57.6 Å². The summed E-state index contributed by atoms with van der Waals surface area (Å²) in [4.78, 5) is 11.6. The van der Waals surface area contributed by atoms with Gasteiger partial charge in [-0.3, -0.25) is 4.79 Å². The smallest absolute Gasteiger partial charge is 0.220 e. The zero-order valence-corrected chi connectivity index (χ0v) is 11.4. The molecule has 1 amide bonds. The number of ether oxygens (including phenoxy) is 1. The van der Waals surface area contributed by atoms with Gasteiger partial charge in [0.05, 0.1) is 6.10 Å². The monoisotopic (exact) mass is 254 g/mol. The van der Waals surface area contributed by atoms with Crippen LogP contribution in [0.2, 0.25) is 0 Å². The van der Waals surface area contributed by atoms with E-state index in [0.717, 1.165) is 45.0 Å². The first kappa shape index (κ1) is 13.8. The van der Waals surface area contributed by atoms with Gasteiger partial charge in [0.25, 0.3) is 0 Å². The van der Waals surface area contributed by atoms with Crippen LogP contribution in [-0.2, 0) is 9.53 Å². The molecule has 0 aliphatic heterocycles. The third-order valence-corrected chi connectivity index (χ3v) is 3.75. The van der Waals surface area contributed by atoms with E-state index in [9.17, 15) is 4.79 Å². The van der Waals surface area contributed by atoms with Gasteiger partial charge in [-0.25, -0.2) is 0 Å². The number of hydrogen-bond acceptors (Lipinski definition) is 3. The highest BCUT2D eigenvalue weighted by Crippen LogP contribution is 2.32. The summed E-state index contributed by atoms with van der Waals surface area (Å²) in [6.07, 6.45) is 6.91. The standard InChI is InChI=1S/C14H26N2O2/c1-2-18-13-8-11(9-13)10-14(17)16-7-3-6-15-12-4-5-12/h11-13,15H,2-10H2,1H3,(H,16,17). The fraction of sp³-hybridized carbons (Fsp3) is 0.929. The van der Waals surface area contributed by atoms with Crippen LogP contribution in [0.4, 0.5) is 0 Å². The van der Waals surface area contributed by atoms with Gasteiger partial charge in [-0.1, -0.05) is 0 Å². The van der Waals surface area contributed by atoms with Crippen molar-refractivity contribution in [3.63, 3.8) is 0 Å². The predicted molar refractivity (Wildman–Crippen MR) is 71.4 cm³/mol. The summed E-state index contributed by atoms with van der Waals surface area (Å²) >= 11 is 0. The molecular weight excluding hydrogens is 228 g/mol. The summed E-state index contributed by atoms with van der Waals surface area (Å²) in [5, 5.41) is 6.45. The van der Waals surface area contributed by atoms with E-state index in [-0.39, 0.29) is 5.91 Å². The van der Waals surface area contributed by atoms with Crippen LogP contribution < -0.4 is 10.6 Å². The van der Waals surface area contributed by atoms with Crippen molar-refractivity contribution >= 4 is 5.91 Å². The second kappa shape index (κ2) is 7.10. The molecular formula is C14H26N2O2. The molecule has 2 saturated carbocycles. The molecule has 2 rings (SSSR count). The molecule has 0 aromatic heterocycles. The van der Waals surface area contributed by atoms with Crippen LogP contribution in [0.5, 0.6) is 0 Å². The van der Waals surface area contributed by atoms with Crippen molar-refractivity contribution in [3.05, 3.63) is 0 Å². The van der Waals surface area contributed by atoms with Gasteiger partial charge < -0.3 is 15.4 Å². The zero-order valence-electron chi connectivity index (χ0n) is 11.4. The van der Waals surface area contributed by atoms with Gasteiger partial charge in [-0.05, 0) is 51.5 Å². The van der Waals surface area contributed by atoms with Crippen molar-refractivity contribution in [3.8, 4) is 0 Å². The Hall–Kier alpha value is -0.610. The first-order valence-corrected chi connectivity index (χ1v) is 7.39. The normalized spacial score (nSPS) is 26.7. The molecule has 2 fully saturated rings. The van der Waals surface area contributed by atoms with Crippen molar-refractivity contribution in [1.29, 1.82) is 0 Å². The molecule has 0 bridgehead atoms. The average Bonchev–Trinajstić information content (AvgIpc) is 3.10. The maximum absolute atomic E-state index is 11.6. The quantitative estimate of drug-likeness (QED) is 0.612. The van der Waals surface area contributed by atoms with E-state index in [0.29, 0.717) is 18.4 Å². The van der Waals surface area contributed by atoms with Gasteiger partial charge >= 0.3 is 0 Å². The van der Waals surface area contributed by atoms with E-state index in [1.807, 2.05) is 6.92 Å². The Balaban J connectivity index is 1.40. The molecule has 0 spiro atoms.